The average Bonchev–Trinajstić information content (AvgIpc) is 2.94. The molecule has 1 nitrogen and oxygen atoms in total. The van der Waals surface area contributed by atoms with Crippen LogP contribution in [0.1, 0.15) is 74.7 Å². The van der Waals surface area contributed by atoms with Crippen LogP contribution in [0.2, 0.25) is 0 Å². The molecule has 1 atom stereocenters. The van der Waals surface area contributed by atoms with Gasteiger partial charge in [-0.1, -0.05) is 46.0 Å². The highest BCUT2D eigenvalue weighted by Gasteiger charge is 2.27. The second kappa shape index (κ2) is 7.44. The Labute approximate surface area is 122 Å². The minimum atomic E-state index is -0.211. The van der Waals surface area contributed by atoms with Crippen LogP contribution in [0.3, 0.4) is 0 Å². The Hall–Kier alpha value is -0.340. The van der Waals surface area contributed by atoms with Gasteiger partial charge >= 0.3 is 0 Å². The van der Waals surface area contributed by atoms with Crippen molar-refractivity contribution in [2.75, 3.05) is 0 Å². The predicted octanol–water partition coefficient (Wildman–Crippen LogP) is 5.34. The van der Waals surface area contributed by atoms with Gasteiger partial charge in [-0.2, -0.15) is 0 Å². The van der Waals surface area contributed by atoms with Crippen molar-refractivity contribution >= 4 is 11.3 Å². The molecule has 0 aliphatic heterocycles. The van der Waals surface area contributed by atoms with Gasteiger partial charge in [-0.15, -0.1) is 11.3 Å². The number of thiophene rings is 1. The molecule has 0 amide bonds. The highest BCUT2D eigenvalue weighted by atomic mass is 32.1. The smallest absolute Gasteiger partial charge is 0.0910 e. The molecule has 2 heteroatoms. The summed E-state index contributed by atoms with van der Waals surface area (Å²) in [5, 5.41) is 10.5. The maximum atomic E-state index is 10.5. The predicted molar refractivity (Wildman–Crippen MR) is 83.6 cm³/mol. The van der Waals surface area contributed by atoms with E-state index in [4.69, 9.17) is 0 Å². The van der Waals surface area contributed by atoms with E-state index in [-0.39, 0.29) is 6.10 Å². The Bertz CT molecular complexity index is 363. The number of aliphatic hydroxyl groups excluding tert-OH is 1. The summed E-state index contributed by atoms with van der Waals surface area (Å²) in [6.45, 7) is 4.46. The molecule has 19 heavy (non-hydrogen) atoms. The fourth-order valence-corrected chi connectivity index (χ4v) is 4.29. The molecule has 1 fully saturated rings. The van der Waals surface area contributed by atoms with Crippen LogP contribution in [0.5, 0.6) is 0 Å². The molecule has 0 radical (unpaired) electrons. The molecule has 0 bridgehead atoms. The maximum absolute atomic E-state index is 10.5. The van der Waals surface area contributed by atoms with Crippen molar-refractivity contribution in [3.05, 3.63) is 21.9 Å². The number of aliphatic hydroxyl groups is 1. The highest BCUT2D eigenvalue weighted by Crippen LogP contribution is 2.40. The first-order valence-corrected chi connectivity index (χ1v) is 8.82. The Kier molecular flexibility index (Phi) is 5.90. The normalized spacial score (nSPS) is 25.4. The lowest BCUT2D eigenvalue weighted by Gasteiger charge is -2.31. The lowest BCUT2D eigenvalue weighted by molar-refractivity contribution is 0.0748. The van der Waals surface area contributed by atoms with Gasteiger partial charge in [0.15, 0.2) is 0 Å². The fraction of sp³-hybridized carbons (Fsp3) is 0.765. The number of unbranched alkanes of at least 4 members (excludes halogenated alkanes) is 1. The van der Waals surface area contributed by atoms with Gasteiger partial charge in [0.05, 0.1) is 6.10 Å². The fourth-order valence-electron chi connectivity index (χ4n) is 3.26. The first kappa shape index (κ1) is 15.1. The summed E-state index contributed by atoms with van der Waals surface area (Å²) in [6, 6.07) is 4.31. The molecule has 1 heterocycles. The second-order valence-corrected chi connectivity index (χ2v) is 7.23. The van der Waals surface area contributed by atoms with Crippen LogP contribution in [0.4, 0.5) is 0 Å². The molecule has 1 aromatic rings. The van der Waals surface area contributed by atoms with Crippen molar-refractivity contribution in [1.82, 2.24) is 0 Å². The molecular weight excluding hydrogens is 252 g/mol. The van der Waals surface area contributed by atoms with E-state index < -0.39 is 0 Å². The molecule has 1 N–H and O–H groups in total. The van der Waals surface area contributed by atoms with Gasteiger partial charge in [0, 0.05) is 9.75 Å². The molecule has 1 aliphatic rings. The largest absolute Gasteiger partial charge is 0.387 e. The second-order valence-electron chi connectivity index (χ2n) is 6.03. The average molecular weight is 280 g/mol. The number of aryl methyl sites for hydroxylation is 1. The summed E-state index contributed by atoms with van der Waals surface area (Å²) >= 11 is 1.80. The van der Waals surface area contributed by atoms with E-state index >= 15 is 0 Å². The van der Waals surface area contributed by atoms with Gasteiger partial charge in [0.2, 0.25) is 0 Å². The number of hydrogen-bond donors (Lipinski definition) is 1. The van der Waals surface area contributed by atoms with E-state index in [9.17, 15) is 5.11 Å². The summed E-state index contributed by atoms with van der Waals surface area (Å²) in [5.41, 5.74) is 0. The van der Waals surface area contributed by atoms with Crippen molar-refractivity contribution in [3.8, 4) is 0 Å². The topological polar surface area (TPSA) is 20.2 Å². The first-order valence-electron chi connectivity index (χ1n) is 8.01. The van der Waals surface area contributed by atoms with Crippen LogP contribution in [0.15, 0.2) is 12.1 Å². The summed E-state index contributed by atoms with van der Waals surface area (Å²) in [7, 11) is 0. The Morgan fingerprint density at radius 2 is 1.95 bits per heavy atom. The lowest BCUT2D eigenvalue weighted by atomic mass is 9.77. The first-order chi connectivity index (χ1) is 9.24. The molecule has 1 aromatic heterocycles. The summed E-state index contributed by atoms with van der Waals surface area (Å²) in [5.74, 6) is 1.43. The zero-order valence-electron chi connectivity index (χ0n) is 12.4. The minimum absolute atomic E-state index is 0.211. The van der Waals surface area contributed by atoms with Crippen LogP contribution in [0.25, 0.3) is 0 Å². The van der Waals surface area contributed by atoms with Crippen LogP contribution >= 0.6 is 11.3 Å². The number of hydrogen-bond acceptors (Lipinski definition) is 2. The molecule has 108 valence electrons. The summed E-state index contributed by atoms with van der Waals surface area (Å²) in [4.78, 5) is 2.58. The molecule has 1 aliphatic carbocycles. The summed E-state index contributed by atoms with van der Waals surface area (Å²) < 4.78 is 0. The van der Waals surface area contributed by atoms with E-state index in [2.05, 4.69) is 26.0 Å². The van der Waals surface area contributed by atoms with Gasteiger partial charge in [-0.05, 0) is 43.2 Å². The van der Waals surface area contributed by atoms with Gasteiger partial charge in [-0.25, -0.2) is 0 Å². The molecule has 0 aromatic carbocycles. The molecule has 0 saturated heterocycles. The molecule has 1 saturated carbocycles. The van der Waals surface area contributed by atoms with Crippen molar-refractivity contribution in [2.45, 2.75) is 71.3 Å². The van der Waals surface area contributed by atoms with E-state index in [1.165, 1.54) is 54.7 Å². The Morgan fingerprint density at radius 3 is 2.53 bits per heavy atom. The lowest BCUT2D eigenvalue weighted by Crippen LogP contribution is -2.20. The third-order valence-electron chi connectivity index (χ3n) is 4.63. The SMILES string of the molecule is CCCCC1CCC(C(O)c2ccc(CC)s2)CC1. The van der Waals surface area contributed by atoms with Crippen molar-refractivity contribution < 1.29 is 5.11 Å². The highest BCUT2D eigenvalue weighted by molar-refractivity contribution is 7.12. The Balaban J connectivity index is 1.83. The van der Waals surface area contributed by atoms with Crippen molar-refractivity contribution in [2.24, 2.45) is 11.8 Å². The third-order valence-corrected chi connectivity index (χ3v) is 5.93. The van der Waals surface area contributed by atoms with Crippen LogP contribution in [0, 0.1) is 11.8 Å². The van der Waals surface area contributed by atoms with Gasteiger partial charge in [0.25, 0.3) is 0 Å². The van der Waals surface area contributed by atoms with Gasteiger partial charge < -0.3 is 5.11 Å². The summed E-state index contributed by atoms with van der Waals surface area (Å²) in [6.07, 6.45) is 10.1. The monoisotopic (exact) mass is 280 g/mol. The van der Waals surface area contributed by atoms with Crippen LogP contribution < -0.4 is 0 Å². The van der Waals surface area contributed by atoms with Gasteiger partial charge in [-0.3, -0.25) is 0 Å². The minimum Gasteiger partial charge on any atom is -0.387 e. The number of rotatable bonds is 6. The van der Waals surface area contributed by atoms with E-state index in [0.717, 1.165) is 12.3 Å². The molecule has 2 rings (SSSR count). The quantitative estimate of drug-likeness (QED) is 0.745. The molecule has 1 unspecified atom stereocenters. The maximum Gasteiger partial charge on any atom is 0.0910 e. The van der Waals surface area contributed by atoms with Crippen molar-refractivity contribution in [1.29, 1.82) is 0 Å². The van der Waals surface area contributed by atoms with Gasteiger partial charge in [0.1, 0.15) is 0 Å². The van der Waals surface area contributed by atoms with E-state index in [1.54, 1.807) is 11.3 Å². The molecular formula is C17H28OS. The van der Waals surface area contributed by atoms with Crippen molar-refractivity contribution in [3.63, 3.8) is 0 Å². The zero-order valence-corrected chi connectivity index (χ0v) is 13.2. The Morgan fingerprint density at radius 1 is 1.21 bits per heavy atom. The van der Waals surface area contributed by atoms with Crippen LogP contribution in [-0.4, -0.2) is 5.11 Å². The third kappa shape index (κ3) is 4.06. The van der Waals surface area contributed by atoms with E-state index in [1.807, 2.05) is 0 Å². The standard InChI is InChI=1S/C17H28OS/c1-3-5-6-13-7-9-14(10-8-13)17(18)16-12-11-15(4-2)19-16/h11-14,17-18H,3-10H2,1-2H3. The zero-order chi connectivity index (χ0) is 13.7. The van der Waals surface area contributed by atoms with Crippen LogP contribution in [-0.2, 0) is 6.42 Å². The van der Waals surface area contributed by atoms with E-state index in [0.29, 0.717) is 5.92 Å². The molecule has 0 spiro atoms.